The number of amides is 2. The van der Waals surface area contributed by atoms with Crippen molar-refractivity contribution in [2.24, 2.45) is 0 Å². The number of aliphatic hydroxyl groups excluding tert-OH is 3. The lowest BCUT2D eigenvalue weighted by atomic mass is 9.95. The summed E-state index contributed by atoms with van der Waals surface area (Å²) in [6, 6.07) is -0.351. The minimum absolute atomic E-state index is 0.147. The van der Waals surface area contributed by atoms with Gasteiger partial charge in [0.15, 0.2) is 12.0 Å². The fourth-order valence-electron chi connectivity index (χ4n) is 4.57. The number of ether oxygens (including phenoxy) is 2. The number of likely N-dealkylation sites (tertiary alicyclic amines) is 1. The third-order valence-corrected chi connectivity index (χ3v) is 6.30. The maximum absolute atomic E-state index is 13.1. The molecule has 0 spiro atoms. The topological polar surface area (TPSA) is 182 Å². The smallest absolute Gasteiger partial charge is 0.411 e. The number of hydrogen-bond donors (Lipinski definition) is 6. The average molecular weight is 507 g/mol. The van der Waals surface area contributed by atoms with Gasteiger partial charge in [0.2, 0.25) is 5.91 Å². The first-order valence-corrected chi connectivity index (χ1v) is 11.9. The number of anilines is 1. The monoisotopic (exact) mass is 506 g/mol. The number of aryl methyl sites for hydroxylation is 1. The zero-order valence-corrected chi connectivity index (χ0v) is 20.9. The summed E-state index contributed by atoms with van der Waals surface area (Å²) in [4.78, 5) is 38.4. The summed E-state index contributed by atoms with van der Waals surface area (Å²) in [5.41, 5.74) is 1.41. The van der Waals surface area contributed by atoms with Crippen molar-refractivity contribution in [1.82, 2.24) is 25.2 Å². The zero-order valence-electron chi connectivity index (χ0n) is 20.9. The molecule has 2 fully saturated rings. The molecule has 6 N–H and O–H groups in total. The van der Waals surface area contributed by atoms with E-state index in [4.69, 9.17) is 9.47 Å². The Morgan fingerprint density at radius 1 is 1.22 bits per heavy atom. The second-order valence-electron chi connectivity index (χ2n) is 10.3. The van der Waals surface area contributed by atoms with E-state index in [2.05, 4.69) is 25.6 Å². The van der Waals surface area contributed by atoms with E-state index < -0.39 is 60.3 Å². The molecule has 2 aliphatic rings. The van der Waals surface area contributed by atoms with Gasteiger partial charge in [-0.1, -0.05) is 0 Å². The van der Waals surface area contributed by atoms with Crippen LogP contribution in [0.4, 0.5) is 10.6 Å². The maximum atomic E-state index is 13.1. The molecule has 0 saturated carbocycles. The SMILES string of the molecule is Cc1cc2ncnc(N[C@H]3O[C@@H](C)[C@H](NC(=O)[C@H]4[C@@H](O)CCN4C(=O)OC(C)(C)C)[C@@H](O)[C@@H]3O)c2[nH]1. The first kappa shape index (κ1) is 26.1. The Balaban J connectivity index is 1.45. The molecule has 13 nitrogen and oxygen atoms in total. The van der Waals surface area contributed by atoms with Crippen molar-refractivity contribution < 1.29 is 34.4 Å². The Kier molecular flexibility index (Phi) is 7.10. The third-order valence-electron chi connectivity index (χ3n) is 6.30. The van der Waals surface area contributed by atoms with Crippen molar-refractivity contribution in [2.75, 3.05) is 11.9 Å². The molecular formula is C23H34N6O7. The number of aromatic nitrogens is 3. The van der Waals surface area contributed by atoms with Crippen molar-refractivity contribution in [3.8, 4) is 0 Å². The molecule has 36 heavy (non-hydrogen) atoms. The summed E-state index contributed by atoms with van der Waals surface area (Å²) in [5, 5.41) is 37.7. The lowest BCUT2D eigenvalue weighted by Crippen LogP contribution is -2.66. The molecule has 0 unspecified atom stereocenters. The van der Waals surface area contributed by atoms with Crippen LogP contribution < -0.4 is 10.6 Å². The molecule has 2 saturated heterocycles. The molecule has 0 aromatic carbocycles. The van der Waals surface area contributed by atoms with E-state index in [0.717, 1.165) is 5.69 Å². The summed E-state index contributed by atoms with van der Waals surface area (Å²) in [5.74, 6) is -0.288. The first-order valence-electron chi connectivity index (χ1n) is 11.9. The van der Waals surface area contributed by atoms with Crippen LogP contribution in [0.25, 0.3) is 11.0 Å². The van der Waals surface area contributed by atoms with Gasteiger partial charge in [-0.05, 0) is 47.1 Å². The van der Waals surface area contributed by atoms with E-state index >= 15 is 0 Å². The molecule has 0 radical (unpaired) electrons. The zero-order chi connectivity index (χ0) is 26.4. The summed E-state index contributed by atoms with van der Waals surface area (Å²) in [6.45, 7) is 8.78. The number of nitrogens with one attached hydrogen (secondary N) is 3. The Morgan fingerprint density at radius 2 is 1.94 bits per heavy atom. The van der Waals surface area contributed by atoms with Gasteiger partial charge in [0.1, 0.15) is 35.7 Å². The van der Waals surface area contributed by atoms with E-state index in [1.54, 1.807) is 27.7 Å². The minimum Gasteiger partial charge on any atom is -0.444 e. The highest BCUT2D eigenvalue weighted by Gasteiger charge is 2.47. The molecule has 4 heterocycles. The second kappa shape index (κ2) is 9.81. The summed E-state index contributed by atoms with van der Waals surface area (Å²) in [6.07, 6.45) is -4.84. The van der Waals surface area contributed by atoms with Gasteiger partial charge < -0.3 is 40.4 Å². The highest BCUT2D eigenvalue weighted by Crippen LogP contribution is 2.27. The van der Waals surface area contributed by atoms with Crippen LogP contribution in [0.1, 0.15) is 39.8 Å². The molecule has 4 rings (SSSR count). The van der Waals surface area contributed by atoms with Crippen LogP contribution in [0.3, 0.4) is 0 Å². The molecular weight excluding hydrogens is 472 g/mol. The quantitative estimate of drug-likeness (QED) is 0.330. The highest BCUT2D eigenvalue weighted by atomic mass is 16.6. The largest absolute Gasteiger partial charge is 0.444 e. The maximum Gasteiger partial charge on any atom is 0.411 e. The Morgan fingerprint density at radius 3 is 2.64 bits per heavy atom. The number of rotatable bonds is 4. The molecule has 2 aliphatic heterocycles. The van der Waals surface area contributed by atoms with E-state index in [1.807, 2.05) is 13.0 Å². The molecule has 0 bridgehead atoms. The number of fused-ring (bicyclic) bond motifs is 1. The van der Waals surface area contributed by atoms with E-state index in [9.17, 15) is 24.9 Å². The predicted molar refractivity (Wildman–Crippen MR) is 128 cm³/mol. The number of carbonyl (C=O) groups is 2. The van der Waals surface area contributed by atoms with Crippen LogP contribution >= 0.6 is 0 Å². The van der Waals surface area contributed by atoms with Gasteiger partial charge in [0.25, 0.3) is 0 Å². The number of nitrogens with zero attached hydrogens (tertiary/aromatic N) is 3. The van der Waals surface area contributed by atoms with Crippen LogP contribution in [-0.2, 0) is 14.3 Å². The van der Waals surface area contributed by atoms with Crippen LogP contribution in [0.15, 0.2) is 12.4 Å². The Labute approximate surface area is 208 Å². The van der Waals surface area contributed by atoms with E-state index in [-0.39, 0.29) is 13.0 Å². The second-order valence-corrected chi connectivity index (χ2v) is 10.3. The third kappa shape index (κ3) is 5.24. The Hall–Kier alpha value is -3.00. The normalized spacial score (nSPS) is 30.9. The lowest BCUT2D eigenvalue weighted by molar-refractivity contribution is -0.173. The Bertz CT molecular complexity index is 1120. The molecule has 7 atom stereocenters. The fourth-order valence-corrected chi connectivity index (χ4v) is 4.57. The number of H-pyrrole nitrogens is 1. The van der Waals surface area contributed by atoms with Gasteiger partial charge in [0.05, 0.1) is 23.8 Å². The highest BCUT2D eigenvalue weighted by molar-refractivity contribution is 5.87. The minimum atomic E-state index is -1.43. The van der Waals surface area contributed by atoms with Gasteiger partial charge in [-0.25, -0.2) is 14.8 Å². The van der Waals surface area contributed by atoms with Gasteiger partial charge in [0, 0.05) is 12.2 Å². The number of carbonyl (C=O) groups excluding carboxylic acids is 2. The lowest BCUT2D eigenvalue weighted by Gasteiger charge is -2.42. The van der Waals surface area contributed by atoms with Crippen molar-refractivity contribution in [3.63, 3.8) is 0 Å². The molecule has 13 heteroatoms. The standard InChI is InChI=1S/C23H34N6O7/c1-10-8-12-15(26-10)19(25-9-24-12)28-21-18(32)17(31)14(11(2)35-21)27-20(33)16-13(30)6-7-29(16)22(34)36-23(3,4)5/h8-9,11,13-14,16-18,21,26,30-32H,6-7H2,1-5H3,(H,27,33)(H,24,25,28)/t11-,13-,14-,16+,17+,18-,21-/m0/s1. The molecule has 198 valence electrons. The van der Waals surface area contributed by atoms with Crippen LogP contribution in [0.5, 0.6) is 0 Å². The van der Waals surface area contributed by atoms with Crippen LogP contribution in [0.2, 0.25) is 0 Å². The molecule has 2 aromatic heterocycles. The number of aliphatic hydroxyl groups is 3. The summed E-state index contributed by atoms with van der Waals surface area (Å²) < 4.78 is 11.3. The number of aromatic amines is 1. The van der Waals surface area contributed by atoms with Crippen molar-refractivity contribution in [2.45, 2.75) is 89.4 Å². The molecule has 2 amide bonds. The van der Waals surface area contributed by atoms with Crippen molar-refractivity contribution in [3.05, 3.63) is 18.1 Å². The molecule has 0 aliphatic carbocycles. The number of hydrogen-bond acceptors (Lipinski definition) is 10. The fraction of sp³-hybridized carbons (Fsp3) is 0.652. The average Bonchev–Trinajstić information content (AvgIpc) is 3.36. The van der Waals surface area contributed by atoms with Gasteiger partial charge >= 0.3 is 6.09 Å². The van der Waals surface area contributed by atoms with Gasteiger partial charge in [-0.3, -0.25) is 9.69 Å². The van der Waals surface area contributed by atoms with Crippen LogP contribution in [-0.4, -0.2) is 102 Å². The summed E-state index contributed by atoms with van der Waals surface area (Å²) >= 11 is 0. The molecule has 2 aromatic rings. The van der Waals surface area contributed by atoms with Gasteiger partial charge in [-0.2, -0.15) is 0 Å². The predicted octanol–water partition coefficient (Wildman–Crippen LogP) is -0.0000800. The van der Waals surface area contributed by atoms with E-state index in [1.165, 1.54) is 11.2 Å². The van der Waals surface area contributed by atoms with Crippen molar-refractivity contribution >= 4 is 28.9 Å². The van der Waals surface area contributed by atoms with Crippen molar-refractivity contribution in [1.29, 1.82) is 0 Å². The van der Waals surface area contributed by atoms with E-state index in [0.29, 0.717) is 16.9 Å². The summed E-state index contributed by atoms with van der Waals surface area (Å²) in [7, 11) is 0. The van der Waals surface area contributed by atoms with Gasteiger partial charge in [-0.15, -0.1) is 0 Å². The van der Waals surface area contributed by atoms with Crippen LogP contribution in [0, 0.1) is 6.92 Å². The first-order chi connectivity index (χ1) is 16.9.